The van der Waals surface area contributed by atoms with Gasteiger partial charge in [0.15, 0.2) is 0 Å². The van der Waals surface area contributed by atoms with Crippen LogP contribution in [0.4, 0.5) is 4.39 Å². The van der Waals surface area contributed by atoms with Gasteiger partial charge < -0.3 is 10.4 Å². The summed E-state index contributed by atoms with van der Waals surface area (Å²) >= 11 is 5.91. The van der Waals surface area contributed by atoms with Crippen LogP contribution in [0.2, 0.25) is 5.02 Å². The summed E-state index contributed by atoms with van der Waals surface area (Å²) in [5.74, 6) is -0.333. The van der Waals surface area contributed by atoms with Crippen LogP contribution in [0.25, 0.3) is 0 Å². The van der Waals surface area contributed by atoms with Gasteiger partial charge in [-0.05, 0) is 61.7 Å². The zero-order chi connectivity index (χ0) is 23.3. The molecule has 6 nitrogen and oxygen atoms in total. The molecular formula is C23H28ClFN2O4S. The smallest absolute Gasteiger partial charge is 0.251 e. The monoisotopic (exact) mass is 482 g/mol. The predicted octanol–water partition coefficient (Wildman–Crippen LogP) is 3.92. The van der Waals surface area contributed by atoms with Crippen molar-refractivity contribution in [3.63, 3.8) is 0 Å². The largest absolute Gasteiger partial charge is 0.394 e. The molecule has 0 bridgehead atoms. The number of nitrogens with zero attached hydrogens (tertiary/aromatic N) is 1. The molecule has 0 radical (unpaired) electrons. The molecule has 2 aromatic carbocycles. The quantitative estimate of drug-likeness (QED) is 0.597. The summed E-state index contributed by atoms with van der Waals surface area (Å²) < 4.78 is 43.0. The number of carbonyl (C=O) groups is 1. The molecule has 0 aliphatic heterocycles. The molecule has 2 aromatic rings. The van der Waals surface area contributed by atoms with Crippen LogP contribution in [0.15, 0.2) is 53.4 Å². The summed E-state index contributed by atoms with van der Waals surface area (Å²) in [6, 6.07) is 11.2. The van der Waals surface area contributed by atoms with Gasteiger partial charge in [0.05, 0.1) is 17.5 Å². The van der Waals surface area contributed by atoms with Crippen LogP contribution in [0.3, 0.4) is 0 Å². The summed E-state index contributed by atoms with van der Waals surface area (Å²) in [5, 5.41) is 12.2. The number of sulfonamides is 1. The number of nitrogens with one attached hydrogen (secondary N) is 1. The van der Waals surface area contributed by atoms with Crippen molar-refractivity contribution in [2.45, 2.75) is 62.3 Å². The van der Waals surface area contributed by atoms with Gasteiger partial charge in [-0.3, -0.25) is 4.79 Å². The van der Waals surface area contributed by atoms with Crippen molar-refractivity contribution >= 4 is 27.5 Å². The fraction of sp³-hybridized carbons (Fsp3) is 0.435. The molecule has 174 valence electrons. The summed E-state index contributed by atoms with van der Waals surface area (Å²) in [5.41, 5.74) is 1.04. The summed E-state index contributed by atoms with van der Waals surface area (Å²) in [6.07, 6.45) is 1.05. The minimum absolute atomic E-state index is 0.00894. The maximum Gasteiger partial charge on any atom is 0.251 e. The van der Waals surface area contributed by atoms with Crippen molar-refractivity contribution in [1.29, 1.82) is 0 Å². The number of hydrogen-bond donors (Lipinski definition) is 2. The van der Waals surface area contributed by atoms with Crippen LogP contribution in [0.1, 0.15) is 48.5 Å². The molecule has 1 saturated carbocycles. The normalized spacial score (nSPS) is 20.2. The highest BCUT2D eigenvalue weighted by molar-refractivity contribution is 7.89. The molecule has 3 rings (SSSR count). The highest BCUT2D eigenvalue weighted by Crippen LogP contribution is 2.31. The van der Waals surface area contributed by atoms with Crippen molar-refractivity contribution in [2.24, 2.45) is 0 Å². The molecule has 2 N–H and O–H groups in total. The molecule has 32 heavy (non-hydrogen) atoms. The first-order valence-corrected chi connectivity index (χ1v) is 12.5. The second-order valence-corrected chi connectivity index (χ2v) is 10.5. The SMILES string of the molecule is CC(CO)NC(=O)c1ccc(CN(C2CCCCC2F)S(=O)(=O)c2ccc(Cl)cc2)cc1. The number of carbonyl (C=O) groups excluding carboxylic acids is 1. The Morgan fingerprint density at radius 2 is 1.78 bits per heavy atom. The van der Waals surface area contributed by atoms with Gasteiger partial charge in [-0.25, -0.2) is 12.8 Å². The van der Waals surface area contributed by atoms with E-state index in [1.165, 1.54) is 28.6 Å². The second kappa shape index (κ2) is 10.7. The van der Waals surface area contributed by atoms with Crippen LogP contribution in [0, 0.1) is 0 Å². The molecule has 3 atom stereocenters. The third-order valence-corrected chi connectivity index (χ3v) is 7.78. The number of hydrogen-bond acceptors (Lipinski definition) is 4. The van der Waals surface area contributed by atoms with Gasteiger partial charge in [0.2, 0.25) is 10.0 Å². The lowest BCUT2D eigenvalue weighted by atomic mass is 9.93. The molecule has 3 unspecified atom stereocenters. The number of benzene rings is 2. The Morgan fingerprint density at radius 3 is 2.38 bits per heavy atom. The molecule has 0 spiro atoms. The zero-order valence-electron chi connectivity index (χ0n) is 17.9. The van der Waals surface area contributed by atoms with Crippen LogP contribution in [0.5, 0.6) is 0 Å². The van der Waals surface area contributed by atoms with Gasteiger partial charge in [-0.2, -0.15) is 4.31 Å². The Balaban J connectivity index is 1.87. The van der Waals surface area contributed by atoms with E-state index in [0.29, 0.717) is 29.0 Å². The number of aliphatic hydroxyl groups excluding tert-OH is 1. The molecule has 1 fully saturated rings. The first-order valence-electron chi connectivity index (χ1n) is 10.6. The molecule has 1 aliphatic rings. The summed E-state index contributed by atoms with van der Waals surface area (Å²) in [4.78, 5) is 12.3. The first-order chi connectivity index (χ1) is 15.2. The van der Waals surface area contributed by atoms with E-state index in [1.54, 1.807) is 31.2 Å². The number of halogens is 2. The molecule has 9 heteroatoms. The van der Waals surface area contributed by atoms with Crippen molar-refractivity contribution < 1.29 is 22.7 Å². The van der Waals surface area contributed by atoms with E-state index in [1.807, 2.05) is 0 Å². The zero-order valence-corrected chi connectivity index (χ0v) is 19.4. The summed E-state index contributed by atoms with van der Waals surface area (Å²) in [7, 11) is -3.97. The predicted molar refractivity (Wildman–Crippen MR) is 122 cm³/mol. The standard InChI is InChI=1S/C23H28ClFN2O4S/c1-16(15-28)26-23(29)18-8-6-17(7-9-18)14-27(22-5-3-2-4-21(22)25)32(30,31)20-12-10-19(24)11-13-20/h6-13,16,21-22,28H,2-5,14-15H2,1H3,(H,26,29). The average Bonchev–Trinajstić information content (AvgIpc) is 2.78. The van der Waals surface area contributed by atoms with E-state index >= 15 is 0 Å². The Labute approximate surface area is 193 Å². The minimum Gasteiger partial charge on any atom is -0.394 e. The highest BCUT2D eigenvalue weighted by atomic mass is 35.5. The maximum absolute atomic E-state index is 14.8. The number of amides is 1. The lowest BCUT2D eigenvalue weighted by Crippen LogP contribution is -2.46. The van der Waals surface area contributed by atoms with Crippen LogP contribution < -0.4 is 5.32 Å². The lowest BCUT2D eigenvalue weighted by Gasteiger charge is -2.35. The van der Waals surface area contributed by atoms with Crippen LogP contribution in [-0.2, 0) is 16.6 Å². The minimum atomic E-state index is -3.97. The molecule has 0 saturated heterocycles. The van der Waals surface area contributed by atoms with E-state index in [-0.39, 0.29) is 30.0 Å². The molecular weight excluding hydrogens is 455 g/mol. The van der Waals surface area contributed by atoms with Gasteiger partial charge >= 0.3 is 0 Å². The third-order valence-electron chi connectivity index (χ3n) is 5.64. The molecule has 1 aliphatic carbocycles. The topological polar surface area (TPSA) is 86.7 Å². The molecule has 0 heterocycles. The number of aliphatic hydroxyl groups is 1. The van der Waals surface area contributed by atoms with Crippen molar-refractivity contribution in [3.05, 3.63) is 64.7 Å². The van der Waals surface area contributed by atoms with Crippen molar-refractivity contribution in [2.75, 3.05) is 6.61 Å². The van der Waals surface area contributed by atoms with E-state index in [4.69, 9.17) is 16.7 Å². The van der Waals surface area contributed by atoms with E-state index in [0.717, 1.165) is 12.8 Å². The lowest BCUT2D eigenvalue weighted by molar-refractivity contribution is 0.0922. The maximum atomic E-state index is 14.8. The van der Waals surface area contributed by atoms with E-state index in [9.17, 15) is 17.6 Å². The second-order valence-electron chi connectivity index (χ2n) is 8.13. The van der Waals surface area contributed by atoms with E-state index < -0.39 is 22.2 Å². The Bertz CT molecular complexity index is 1020. The third kappa shape index (κ3) is 5.86. The fourth-order valence-corrected chi connectivity index (χ4v) is 5.60. The van der Waals surface area contributed by atoms with Gasteiger partial charge in [-0.1, -0.05) is 36.6 Å². The van der Waals surface area contributed by atoms with E-state index in [2.05, 4.69) is 5.32 Å². The highest BCUT2D eigenvalue weighted by Gasteiger charge is 2.38. The van der Waals surface area contributed by atoms with Gasteiger partial charge in [0, 0.05) is 23.2 Å². The first kappa shape index (κ1) is 24.6. The van der Waals surface area contributed by atoms with Gasteiger partial charge in [0.25, 0.3) is 5.91 Å². The van der Waals surface area contributed by atoms with Gasteiger partial charge in [0.1, 0.15) is 6.17 Å². The number of alkyl halides is 1. The molecule has 0 aromatic heterocycles. The Kier molecular flexibility index (Phi) is 8.27. The number of rotatable bonds is 8. The van der Waals surface area contributed by atoms with Crippen molar-refractivity contribution in [1.82, 2.24) is 9.62 Å². The fourth-order valence-electron chi connectivity index (χ4n) is 3.81. The molecule has 1 amide bonds. The Hall–Kier alpha value is -2.00. The van der Waals surface area contributed by atoms with Crippen LogP contribution in [-0.4, -0.2) is 48.6 Å². The van der Waals surface area contributed by atoms with Crippen LogP contribution >= 0.6 is 11.6 Å². The average molecular weight is 483 g/mol. The van der Waals surface area contributed by atoms with Crippen molar-refractivity contribution in [3.8, 4) is 0 Å². The summed E-state index contributed by atoms with van der Waals surface area (Å²) in [6.45, 7) is 1.50. The Morgan fingerprint density at radius 1 is 1.16 bits per heavy atom. The van der Waals surface area contributed by atoms with Gasteiger partial charge in [-0.15, -0.1) is 0 Å².